The number of β-amino-alcohol motifs (C(OH)–C–C–N with tert-alkyl or cyclic N) is 1. The van der Waals surface area contributed by atoms with E-state index in [2.05, 4.69) is 0 Å². The predicted octanol–water partition coefficient (Wildman–Crippen LogP) is 1.03. The highest BCUT2D eigenvalue weighted by Gasteiger charge is 2.32. The Kier molecular flexibility index (Phi) is 3.85. The molecule has 1 saturated heterocycles. The van der Waals surface area contributed by atoms with Gasteiger partial charge in [0.25, 0.3) is 0 Å². The first kappa shape index (κ1) is 14.3. The van der Waals surface area contributed by atoms with E-state index in [4.69, 9.17) is 5.73 Å². The Balaban J connectivity index is 2.48. The second kappa shape index (κ2) is 5.11. The first-order valence-electron chi connectivity index (χ1n) is 6.38. The topological polar surface area (TPSA) is 83.6 Å². The van der Waals surface area contributed by atoms with Crippen molar-refractivity contribution in [3.63, 3.8) is 0 Å². The summed E-state index contributed by atoms with van der Waals surface area (Å²) in [7, 11) is -3.63. The van der Waals surface area contributed by atoms with Gasteiger partial charge in [-0.25, -0.2) is 8.42 Å². The fourth-order valence-corrected chi connectivity index (χ4v) is 4.33. The van der Waals surface area contributed by atoms with Crippen LogP contribution in [0.25, 0.3) is 0 Å². The van der Waals surface area contributed by atoms with E-state index in [-0.39, 0.29) is 11.4 Å². The largest absolute Gasteiger partial charge is 0.397 e. The van der Waals surface area contributed by atoms with Crippen molar-refractivity contribution in [3.8, 4) is 0 Å². The molecule has 2 rings (SSSR count). The third kappa shape index (κ3) is 2.61. The van der Waals surface area contributed by atoms with Gasteiger partial charge in [0, 0.05) is 13.1 Å². The molecule has 6 heteroatoms. The molecule has 0 radical (unpaired) electrons. The summed E-state index contributed by atoms with van der Waals surface area (Å²) in [5.41, 5.74) is 7.64. The molecule has 1 aliphatic rings. The molecule has 0 bridgehead atoms. The lowest BCUT2D eigenvalue weighted by Gasteiger charge is -2.30. The van der Waals surface area contributed by atoms with Gasteiger partial charge in [0.15, 0.2) is 0 Å². The van der Waals surface area contributed by atoms with Crippen molar-refractivity contribution in [1.82, 2.24) is 4.31 Å². The second-order valence-corrected chi connectivity index (χ2v) is 6.98. The molecule has 0 aliphatic carbocycles. The van der Waals surface area contributed by atoms with Gasteiger partial charge in [0.1, 0.15) is 4.90 Å². The van der Waals surface area contributed by atoms with Gasteiger partial charge in [-0.05, 0) is 37.8 Å². The molecule has 1 heterocycles. The molecule has 0 amide bonds. The zero-order chi connectivity index (χ0) is 14.2. The fraction of sp³-hybridized carbons (Fsp3) is 0.538. The maximum atomic E-state index is 12.7. The van der Waals surface area contributed by atoms with Gasteiger partial charge in [0.2, 0.25) is 10.0 Å². The van der Waals surface area contributed by atoms with Gasteiger partial charge in [-0.15, -0.1) is 0 Å². The van der Waals surface area contributed by atoms with Crippen LogP contribution in [0, 0.1) is 13.8 Å². The number of hydrogen-bond acceptors (Lipinski definition) is 4. The van der Waals surface area contributed by atoms with E-state index < -0.39 is 16.1 Å². The minimum atomic E-state index is -3.63. The van der Waals surface area contributed by atoms with Crippen molar-refractivity contribution in [3.05, 3.63) is 23.3 Å². The molecule has 5 nitrogen and oxygen atoms in total. The van der Waals surface area contributed by atoms with Crippen LogP contribution >= 0.6 is 0 Å². The number of nitrogens with two attached hydrogens (primary N) is 1. The lowest BCUT2D eigenvalue weighted by atomic mass is 10.1. The number of nitrogen functional groups attached to an aromatic ring is 1. The minimum Gasteiger partial charge on any atom is -0.397 e. The van der Waals surface area contributed by atoms with E-state index in [1.165, 1.54) is 4.31 Å². The van der Waals surface area contributed by atoms with Gasteiger partial charge in [-0.3, -0.25) is 0 Å². The number of aryl methyl sites for hydroxylation is 2. The molecule has 1 aliphatic heterocycles. The van der Waals surface area contributed by atoms with Crippen LogP contribution < -0.4 is 5.73 Å². The van der Waals surface area contributed by atoms with Crippen LogP contribution in [0.3, 0.4) is 0 Å². The average Bonchev–Trinajstić information content (AvgIpc) is 2.34. The van der Waals surface area contributed by atoms with Crippen LogP contribution in [-0.4, -0.2) is 37.0 Å². The Labute approximate surface area is 114 Å². The quantitative estimate of drug-likeness (QED) is 0.795. The normalized spacial score (nSPS) is 21.5. The predicted molar refractivity (Wildman–Crippen MR) is 74.3 cm³/mol. The highest BCUT2D eigenvalue weighted by Crippen LogP contribution is 2.30. The molecule has 1 unspecified atom stereocenters. The maximum Gasteiger partial charge on any atom is 0.245 e. The number of piperidine rings is 1. The summed E-state index contributed by atoms with van der Waals surface area (Å²) in [5, 5.41) is 9.65. The summed E-state index contributed by atoms with van der Waals surface area (Å²) >= 11 is 0. The Morgan fingerprint density at radius 3 is 2.58 bits per heavy atom. The number of hydrogen-bond donors (Lipinski definition) is 2. The molecule has 0 saturated carbocycles. The standard InChI is InChI=1S/C13H20N2O3S/c1-9-5-6-10(2)13(12(9)14)19(17,18)15-7-3-4-11(16)8-15/h5-6,11,16H,3-4,7-8,14H2,1-2H3. The van der Waals surface area contributed by atoms with Crippen molar-refractivity contribution >= 4 is 15.7 Å². The van der Waals surface area contributed by atoms with Crippen LogP contribution in [-0.2, 0) is 10.0 Å². The van der Waals surface area contributed by atoms with E-state index in [1.54, 1.807) is 19.9 Å². The van der Waals surface area contributed by atoms with Crippen LogP contribution in [0.15, 0.2) is 17.0 Å². The number of sulfonamides is 1. The number of aliphatic hydroxyl groups excluding tert-OH is 1. The fourth-order valence-electron chi connectivity index (χ4n) is 2.42. The van der Waals surface area contributed by atoms with Gasteiger partial charge in [0.05, 0.1) is 11.8 Å². The third-order valence-corrected chi connectivity index (χ3v) is 5.64. The monoisotopic (exact) mass is 284 g/mol. The molecular weight excluding hydrogens is 264 g/mol. The maximum absolute atomic E-state index is 12.7. The molecule has 3 N–H and O–H groups in total. The van der Waals surface area contributed by atoms with E-state index in [9.17, 15) is 13.5 Å². The highest BCUT2D eigenvalue weighted by atomic mass is 32.2. The lowest BCUT2D eigenvalue weighted by molar-refractivity contribution is 0.108. The number of nitrogens with zero attached hydrogens (tertiary/aromatic N) is 1. The summed E-state index contributed by atoms with van der Waals surface area (Å²) in [6, 6.07) is 3.58. The van der Waals surface area contributed by atoms with E-state index in [0.29, 0.717) is 30.6 Å². The Morgan fingerprint density at radius 1 is 1.32 bits per heavy atom. The third-order valence-electron chi connectivity index (χ3n) is 3.57. The summed E-state index contributed by atoms with van der Waals surface area (Å²) in [5.74, 6) is 0. The molecule has 1 aromatic carbocycles. The Hall–Kier alpha value is -1.11. The summed E-state index contributed by atoms with van der Waals surface area (Å²) < 4.78 is 26.7. The average molecular weight is 284 g/mol. The highest BCUT2D eigenvalue weighted by molar-refractivity contribution is 7.89. The molecule has 1 atom stereocenters. The second-order valence-electron chi connectivity index (χ2n) is 5.10. The van der Waals surface area contributed by atoms with Crippen molar-refractivity contribution < 1.29 is 13.5 Å². The van der Waals surface area contributed by atoms with Crippen molar-refractivity contribution in [2.24, 2.45) is 0 Å². The van der Waals surface area contributed by atoms with Crippen molar-refractivity contribution in [1.29, 1.82) is 0 Å². The molecule has 1 fully saturated rings. The summed E-state index contributed by atoms with van der Waals surface area (Å²) in [6.45, 7) is 4.11. The summed E-state index contributed by atoms with van der Waals surface area (Å²) in [4.78, 5) is 0.182. The number of benzene rings is 1. The van der Waals surface area contributed by atoms with E-state index in [1.807, 2.05) is 6.07 Å². The van der Waals surface area contributed by atoms with Crippen LogP contribution in [0.1, 0.15) is 24.0 Å². The molecule has 106 valence electrons. The van der Waals surface area contributed by atoms with Gasteiger partial charge in [-0.1, -0.05) is 12.1 Å². The Morgan fingerprint density at radius 2 is 1.95 bits per heavy atom. The number of rotatable bonds is 2. The van der Waals surface area contributed by atoms with Gasteiger partial charge in [-0.2, -0.15) is 4.31 Å². The molecule has 0 spiro atoms. The van der Waals surface area contributed by atoms with Crippen molar-refractivity contribution in [2.75, 3.05) is 18.8 Å². The zero-order valence-corrected chi connectivity index (χ0v) is 12.1. The van der Waals surface area contributed by atoms with Crippen LogP contribution in [0.5, 0.6) is 0 Å². The van der Waals surface area contributed by atoms with Gasteiger partial charge < -0.3 is 10.8 Å². The van der Waals surface area contributed by atoms with E-state index >= 15 is 0 Å². The minimum absolute atomic E-state index is 0.148. The zero-order valence-electron chi connectivity index (χ0n) is 11.3. The SMILES string of the molecule is Cc1ccc(C)c(S(=O)(=O)N2CCCC(O)C2)c1N. The van der Waals surface area contributed by atoms with Crippen molar-refractivity contribution in [2.45, 2.75) is 37.7 Å². The lowest BCUT2D eigenvalue weighted by Crippen LogP contribution is -2.42. The molecule has 19 heavy (non-hydrogen) atoms. The first-order valence-corrected chi connectivity index (χ1v) is 7.82. The smallest absolute Gasteiger partial charge is 0.245 e. The number of aliphatic hydroxyl groups is 1. The van der Waals surface area contributed by atoms with Crippen LogP contribution in [0.2, 0.25) is 0 Å². The molecule has 0 aromatic heterocycles. The summed E-state index contributed by atoms with van der Waals surface area (Å²) in [6.07, 6.45) is 0.731. The Bertz CT molecular complexity index is 584. The van der Waals surface area contributed by atoms with Gasteiger partial charge >= 0.3 is 0 Å². The van der Waals surface area contributed by atoms with Crippen LogP contribution in [0.4, 0.5) is 5.69 Å². The molecular formula is C13H20N2O3S. The first-order chi connectivity index (χ1) is 8.84. The molecule has 1 aromatic rings. The van der Waals surface area contributed by atoms with E-state index in [0.717, 1.165) is 5.56 Å². The number of anilines is 1.